The molecule has 17 atom stereocenters. The lowest BCUT2D eigenvalue weighted by Crippen LogP contribution is -2.66. The van der Waals surface area contributed by atoms with Crippen molar-refractivity contribution >= 4 is 0 Å². The summed E-state index contributed by atoms with van der Waals surface area (Å²) in [5, 5.41) is 77.7. The van der Waals surface area contributed by atoms with Gasteiger partial charge in [-0.3, -0.25) is 0 Å². The molecule has 0 radical (unpaired) electrons. The topological polar surface area (TPSA) is 169 Å². The lowest BCUT2D eigenvalue weighted by Gasteiger charge is -2.64. The summed E-state index contributed by atoms with van der Waals surface area (Å²) < 4.78 is 17.3. The number of hydrogen-bond donors (Lipinski definition) is 7. The number of hydrogen-bond acceptors (Lipinski definition) is 10. The largest absolute Gasteiger partial charge is 0.396 e. The highest BCUT2D eigenvalue weighted by molar-refractivity contribution is 5.33. The Morgan fingerprint density at radius 2 is 1.71 bits per heavy atom. The zero-order chi connectivity index (χ0) is 33.1. The van der Waals surface area contributed by atoms with Crippen molar-refractivity contribution in [3.63, 3.8) is 0 Å². The Labute approximate surface area is 268 Å². The van der Waals surface area contributed by atoms with Gasteiger partial charge in [0.15, 0.2) is 6.29 Å². The molecule has 0 aromatic heterocycles. The fourth-order valence-corrected chi connectivity index (χ4v) is 11.1. The average molecular weight is 641 g/mol. The number of rotatable bonds is 10. The minimum atomic E-state index is -1.35. The number of aliphatic hydroxyl groups is 7. The van der Waals surface area contributed by atoms with Crippen molar-refractivity contribution in [3.05, 3.63) is 11.6 Å². The van der Waals surface area contributed by atoms with Gasteiger partial charge in [0.2, 0.25) is 0 Å². The zero-order valence-corrected chi connectivity index (χ0v) is 28.1. The van der Waals surface area contributed by atoms with Crippen LogP contribution in [0.4, 0.5) is 0 Å². The molecule has 0 spiro atoms. The summed E-state index contributed by atoms with van der Waals surface area (Å²) in [6.45, 7) is 10.7. The highest BCUT2D eigenvalue weighted by Crippen LogP contribution is 2.69. The molecule has 1 heterocycles. The van der Waals surface area contributed by atoms with E-state index in [9.17, 15) is 35.7 Å². The average Bonchev–Trinajstić information content (AvgIpc) is 3.20. The highest BCUT2D eigenvalue weighted by atomic mass is 16.7. The van der Waals surface area contributed by atoms with Crippen LogP contribution in [0.15, 0.2) is 11.6 Å². The van der Waals surface area contributed by atoms with Crippen molar-refractivity contribution < 1.29 is 50.0 Å². The first kappa shape index (κ1) is 35.6. The smallest absolute Gasteiger partial charge is 0.187 e. The molecule has 4 aliphatic carbocycles. The summed E-state index contributed by atoms with van der Waals surface area (Å²) in [4.78, 5) is 0. The highest BCUT2D eigenvalue weighted by Gasteiger charge is 2.72. The van der Waals surface area contributed by atoms with Crippen molar-refractivity contribution in [2.45, 2.75) is 141 Å². The van der Waals surface area contributed by atoms with Gasteiger partial charge in [-0.2, -0.15) is 0 Å². The van der Waals surface area contributed by atoms with Gasteiger partial charge in [0.25, 0.3) is 0 Å². The second kappa shape index (κ2) is 13.3. The van der Waals surface area contributed by atoms with E-state index in [0.29, 0.717) is 18.8 Å². The van der Waals surface area contributed by atoms with Crippen LogP contribution >= 0.6 is 0 Å². The molecule has 5 aliphatic rings. The second-order valence-corrected chi connectivity index (χ2v) is 15.9. The summed E-state index contributed by atoms with van der Waals surface area (Å²) in [6, 6.07) is 0. The van der Waals surface area contributed by atoms with Gasteiger partial charge >= 0.3 is 0 Å². The molecule has 0 unspecified atom stereocenters. The molecule has 3 saturated carbocycles. The lowest BCUT2D eigenvalue weighted by atomic mass is 9.43. The molecule has 7 N–H and O–H groups in total. The lowest BCUT2D eigenvalue weighted by molar-refractivity contribution is -0.285. The SMILES string of the molecule is CC[C@H](CC[C@@H](C)[C@H]1[C@@H](O)[C@H](O)[C@@H]2[C@]1(C)CC[C@H]1[C@@]2(O)C[C@@H](O)C2=C[C@@H](O[C@@H]3OC[C@@H](O)[C@H](O)[C@H]3OC)CC[C@@]21C)[C@H](C)CO. The van der Waals surface area contributed by atoms with Crippen molar-refractivity contribution in [3.8, 4) is 0 Å². The monoisotopic (exact) mass is 640 g/mol. The third kappa shape index (κ3) is 5.87. The molecule has 0 amide bonds. The molecule has 0 aromatic rings. The summed E-state index contributed by atoms with van der Waals surface area (Å²) in [7, 11) is 1.43. The summed E-state index contributed by atoms with van der Waals surface area (Å²) in [6.07, 6.45) is 0.218. The Morgan fingerprint density at radius 3 is 2.36 bits per heavy atom. The zero-order valence-electron chi connectivity index (χ0n) is 28.1. The third-order valence-corrected chi connectivity index (χ3v) is 13.5. The van der Waals surface area contributed by atoms with Gasteiger partial charge in [0.1, 0.15) is 18.3 Å². The van der Waals surface area contributed by atoms with Crippen LogP contribution in [-0.2, 0) is 14.2 Å². The number of methoxy groups -OCH3 is 1. The molecular formula is C35H60O10. The van der Waals surface area contributed by atoms with Crippen LogP contribution < -0.4 is 0 Å². The fraction of sp³-hybridized carbons (Fsp3) is 0.943. The van der Waals surface area contributed by atoms with E-state index >= 15 is 0 Å². The maximum Gasteiger partial charge on any atom is 0.187 e. The van der Waals surface area contributed by atoms with Gasteiger partial charge in [-0.25, -0.2) is 0 Å². The van der Waals surface area contributed by atoms with E-state index in [-0.39, 0.29) is 43.3 Å². The molecule has 45 heavy (non-hydrogen) atoms. The van der Waals surface area contributed by atoms with Crippen LogP contribution in [0.1, 0.15) is 86.0 Å². The normalized spacial score (nSPS) is 50.2. The standard InChI is InChI=1S/C35H60O10/c1-7-20(19(3)16-36)9-8-18(2)26-28(40)29(41)31-34(26,5)13-11-25-33(4)12-10-21(14-22(33)23(37)15-35(25,31)42)45-32-30(43-6)27(39)24(38)17-44-32/h14,18-21,23-32,36-42H,7-13,15-17H2,1-6H3/t18-,19-,20-,21+,23-,24-,25-,26+,27+,28-,29+,30-,31-,32+,33+,34-,35+/m1/s1. The van der Waals surface area contributed by atoms with Crippen LogP contribution in [0.2, 0.25) is 0 Å². The molecule has 1 aliphatic heterocycles. The van der Waals surface area contributed by atoms with E-state index in [1.807, 2.05) is 6.08 Å². The van der Waals surface area contributed by atoms with E-state index in [4.69, 9.17) is 14.2 Å². The van der Waals surface area contributed by atoms with Gasteiger partial charge in [-0.15, -0.1) is 0 Å². The molecule has 5 rings (SSSR count). The summed E-state index contributed by atoms with van der Waals surface area (Å²) >= 11 is 0. The van der Waals surface area contributed by atoms with Gasteiger partial charge < -0.3 is 50.0 Å². The van der Waals surface area contributed by atoms with E-state index < -0.39 is 71.4 Å². The Hall–Kier alpha value is -0.660. The summed E-state index contributed by atoms with van der Waals surface area (Å²) in [5.41, 5.74) is -1.55. The van der Waals surface area contributed by atoms with Gasteiger partial charge in [0, 0.05) is 26.1 Å². The molecule has 0 bridgehead atoms. The van der Waals surface area contributed by atoms with E-state index in [2.05, 4.69) is 34.6 Å². The first-order chi connectivity index (χ1) is 21.2. The van der Waals surface area contributed by atoms with Crippen molar-refractivity contribution in [1.29, 1.82) is 0 Å². The maximum atomic E-state index is 12.7. The first-order valence-electron chi connectivity index (χ1n) is 17.4. The minimum Gasteiger partial charge on any atom is -0.396 e. The molecule has 10 heteroatoms. The fourth-order valence-electron chi connectivity index (χ4n) is 11.1. The molecule has 260 valence electrons. The molecule has 0 aromatic carbocycles. The first-order valence-corrected chi connectivity index (χ1v) is 17.4. The van der Waals surface area contributed by atoms with Crippen LogP contribution in [0.3, 0.4) is 0 Å². The van der Waals surface area contributed by atoms with Gasteiger partial charge in [0.05, 0.1) is 36.6 Å². The van der Waals surface area contributed by atoms with Crippen molar-refractivity contribution in [2.75, 3.05) is 20.3 Å². The predicted octanol–water partition coefficient (Wildman–Crippen LogP) is 2.14. The van der Waals surface area contributed by atoms with Crippen LogP contribution in [0.5, 0.6) is 0 Å². The predicted molar refractivity (Wildman–Crippen MR) is 167 cm³/mol. The van der Waals surface area contributed by atoms with E-state index in [0.717, 1.165) is 37.7 Å². The molecule has 1 saturated heterocycles. The minimum absolute atomic E-state index is 0.0701. The third-order valence-electron chi connectivity index (χ3n) is 13.5. The van der Waals surface area contributed by atoms with Crippen LogP contribution in [-0.4, -0.2) is 111 Å². The van der Waals surface area contributed by atoms with Crippen LogP contribution in [0.25, 0.3) is 0 Å². The number of fused-ring (bicyclic) bond motifs is 5. The Balaban J connectivity index is 1.36. The summed E-state index contributed by atoms with van der Waals surface area (Å²) in [5.74, 6) is -0.243. The quantitative estimate of drug-likeness (QED) is 0.176. The maximum absolute atomic E-state index is 12.7. The number of aliphatic hydroxyl groups excluding tert-OH is 6. The second-order valence-electron chi connectivity index (χ2n) is 15.9. The van der Waals surface area contributed by atoms with Gasteiger partial charge in [-0.1, -0.05) is 53.5 Å². The van der Waals surface area contributed by atoms with Crippen molar-refractivity contribution in [2.24, 2.45) is 46.3 Å². The van der Waals surface area contributed by atoms with Gasteiger partial charge in [-0.05, 0) is 78.1 Å². The van der Waals surface area contributed by atoms with Crippen molar-refractivity contribution in [1.82, 2.24) is 0 Å². The van der Waals surface area contributed by atoms with Crippen LogP contribution in [0, 0.1) is 46.3 Å². The Bertz CT molecular complexity index is 1060. The Kier molecular flexibility index (Phi) is 10.6. The molecular weight excluding hydrogens is 580 g/mol. The Morgan fingerprint density at radius 1 is 1.00 bits per heavy atom. The number of ether oxygens (including phenoxy) is 3. The van der Waals surface area contributed by atoms with E-state index in [1.54, 1.807) is 0 Å². The van der Waals surface area contributed by atoms with E-state index in [1.165, 1.54) is 7.11 Å². The molecule has 4 fully saturated rings. The molecule has 10 nitrogen and oxygen atoms in total.